The van der Waals surface area contributed by atoms with Crippen LogP contribution in [-0.4, -0.2) is 122 Å². The Balaban J connectivity index is 1.49. The Morgan fingerprint density at radius 2 is 1.74 bits per heavy atom. The Morgan fingerprint density at radius 3 is 2.31 bits per heavy atom. The maximum atomic E-state index is 14.7. The van der Waals surface area contributed by atoms with Gasteiger partial charge in [-0.25, -0.2) is 18.7 Å². The summed E-state index contributed by atoms with van der Waals surface area (Å²) in [6.07, 6.45) is -5.89. The lowest BCUT2D eigenvalue weighted by molar-refractivity contribution is -0.244. The highest BCUT2D eigenvalue weighted by Crippen LogP contribution is 2.41. The fraction of sp³-hybridized carbons (Fsp3) is 0.683. The summed E-state index contributed by atoms with van der Waals surface area (Å²) in [6, 6.07) is 4.22. The predicted octanol–water partition coefficient (Wildman–Crippen LogP) is 4.92. The number of carbonyl (C=O) groups excluding carboxylic acids is 4. The van der Waals surface area contributed by atoms with Crippen LogP contribution in [0.4, 0.5) is 18.0 Å². The standard InChI is InChI=1S/C41H59F3N6O10S/c1-24-14-15-40(22-24,35(53)48-61(55,56)60-39(8)16-17-39)47-33(51)28-20-26(58-29-21-30(57-19-18-49(9)10)45-31-25(2)12-11-13-27(29)31)23-50(28)34(52)32(37(3,4)5)46-36(54)59-38(6,7)41(42,43)44/h11-13,21,24,26,28,32H,14-20,22-23H2,1-10H3,(H,46,54)(H,47,51)(H,48,53)/t24?,26-,28+,32-,40-/m1/s1. The number of hydrogen-bond acceptors (Lipinski definition) is 12. The van der Waals surface area contributed by atoms with E-state index in [1.165, 1.54) is 0 Å². The van der Waals surface area contributed by atoms with Crippen molar-refractivity contribution in [2.24, 2.45) is 11.3 Å². The van der Waals surface area contributed by atoms with Crippen molar-refractivity contribution in [1.82, 2.24) is 30.1 Å². The zero-order valence-electron chi connectivity index (χ0n) is 36.4. The molecule has 61 heavy (non-hydrogen) atoms. The van der Waals surface area contributed by atoms with Crippen LogP contribution >= 0.6 is 0 Å². The number of halogens is 3. The van der Waals surface area contributed by atoms with Crippen molar-refractivity contribution < 1.29 is 59.2 Å². The SMILES string of the molecule is Cc1cccc2c(O[C@@H]3C[C@@H](C(=O)N[C@]4(C(=O)NS(=O)(=O)OC5(C)CC5)CCC(C)C4)N(C(=O)[C@@H](NC(=O)OC(C)(C)C(F)(F)F)C(C)(C)C)C3)cc(OCCN(C)C)nc12. The highest BCUT2D eigenvalue weighted by Gasteiger charge is 2.54. The van der Waals surface area contributed by atoms with Gasteiger partial charge in [-0.3, -0.25) is 14.4 Å². The molecule has 1 saturated heterocycles. The molecule has 3 aliphatic rings. The van der Waals surface area contributed by atoms with Gasteiger partial charge in [0, 0.05) is 24.4 Å². The van der Waals surface area contributed by atoms with E-state index in [-0.39, 0.29) is 37.6 Å². The number of ether oxygens (including phenoxy) is 3. The lowest BCUT2D eigenvalue weighted by Crippen LogP contribution is -2.63. The van der Waals surface area contributed by atoms with Crippen molar-refractivity contribution in [2.45, 2.75) is 135 Å². The van der Waals surface area contributed by atoms with E-state index in [1.807, 2.05) is 49.7 Å². The number of likely N-dealkylation sites (N-methyl/N-ethyl adjacent to an activating group) is 1. The molecule has 3 fully saturated rings. The summed E-state index contributed by atoms with van der Waals surface area (Å²) in [5.74, 6) is -2.14. The second-order valence-electron chi connectivity index (χ2n) is 18.7. The third-order valence-corrected chi connectivity index (χ3v) is 12.4. The van der Waals surface area contributed by atoms with Crippen LogP contribution in [0.15, 0.2) is 24.3 Å². The first-order valence-corrected chi connectivity index (χ1v) is 21.8. The molecule has 340 valence electrons. The first kappa shape index (κ1) is 47.6. The molecular formula is C41H59F3N6O10S. The van der Waals surface area contributed by atoms with Gasteiger partial charge in [0.1, 0.15) is 36.1 Å². The summed E-state index contributed by atoms with van der Waals surface area (Å²) >= 11 is 0. The van der Waals surface area contributed by atoms with Crippen molar-refractivity contribution in [3.63, 3.8) is 0 Å². The summed E-state index contributed by atoms with van der Waals surface area (Å²) in [6.45, 7) is 12.1. The van der Waals surface area contributed by atoms with E-state index < -0.39 is 80.6 Å². The summed E-state index contributed by atoms with van der Waals surface area (Å²) in [4.78, 5) is 64.1. The number of amides is 4. The Morgan fingerprint density at radius 1 is 1.07 bits per heavy atom. The number of fused-ring (bicyclic) bond motifs is 1. The summed E-state index contributed by atoms with van der Waals surface area (Å²) in [5.41, 5.74) is -5.26. The largest absolute Gasteiger partial charge is 0.488 e. The van der Waals surface area contributed by atoms with Gasteiger partial charge in [-0.1, -0.05) is 39.8 Å². The molecule has 16 nitrogen and oxygen atoms in total. The maximum Gasteiger partial charge on any atom is 0.427 e. The molecule has 1 aliphatic heterocycles. The Kier molecular flexibility index (Phi) is 13.6. The minimum Gasteiger partial charge on any atom is -0.488 e. The monoisotopic (exact) mass is 884 g/mol. The molecule has 5 atom stereocenters. The van der Waals surface area contributed by atoms with Crippen LogP contribution in [0.5, 0.6) is 11.6 Å². The lowest BCUT2D eigenvalue weighted by atomic mass is 9.85. The van der Waals surface area contributed by atoms with E-state index in [2.05, 4.69) is 15.6 Å². The quantitative estimate of drug-likeness (QED) is 0.219. The lowest BCUT2D eigenvalue weighted by Gasteiger charge is -2.37. The van der Waals surface area contributed by atoms with Crippen molar-refractivity contribution >= 4 is 45.0 Å². The molecule has 20 heteroatoms. The highest BCUT2D eigenvalue weighted by atomic mass is 32.2. The number of hydrogen-bond donors (Lipinski definition) is 3. The van der Waals surface area contributed by atoms with E-state index >= 15 is 0 Å². The average molecular weight is 885 g/mol. The zero-order valence-corrected chi connectivity index (χ0v) is 37.3. The van der Waals surface area contributed by atoms with Crippen molar-refractivity contribution in [3.05, 3.63) is 29.8 Å². The molecule has 3 N–H and O–H groups in total. The number of pyridine rings is 1. The van der Waals surface area contributed by atoms with Gasteiger partial charge >= 0.3 is 22.6 Å². The number of carbonyl (C=O) groups is 4. The minimum atomic E-state index is -4.93. The second kappa shape index (κ2) is 17.4. The molecular weight excluding hydrogens is 826 g/mol. The molecule has 1 unspecified atom stereocenters. The third kappa shape index (κ3) is 11.5. The van der Waals surface area contributed by atoms with Gasteiger partial charge in [-0.15, -0.1) is 0 Å². The molecule has 1 aromatic heterocycles. The number of rotatable bonds is 15. The van der Waals surface area contributed by atoms with Crippen LogP contribution in [0.3, 0.4) is 0 Å². The number of benzene rings is 1. The van der Waals surface area contributed by atoms with Crippen LogP contribution in [0.25, 0.3) is 10.9 Å². The fourth-order valence-electron chi connectivity index (χ4n) is 7.39. The van der Waals surface area contributed by atoms with Crippen molar-refractivity contribution in [3.8, 4) is 11.6 Å². The smallest absolute Gasteiger partial charge is 0.427 e. The Bertz CT molecular complexity index is 2110. The molecule has 4 amide bonds. The van der Waals surface area contributed by atoms with Gasteiger partial charge in [0.25, 0.3) is 5.91 Å². The van der Waals surface area contributed by atoms with Gasteiger partial charge in [-0.05, 0) is 96.9 Å². The average Bonchev–Trinajstić information content (AvgIpc) is 3.48. The Hall–Kier alpha value is -4.43. The molecule has 5 rings (SSSR count). The summed E-state index contributed by atoms with van der Waals surface area (Å²) in [5, 5.41) is 5.71. The summed E-state index contributed by atoms with van der Waals surface area (Å²) < 4.78 is 91.5. The van der Waals surface area contributed by atoms with E-state index in [0.717, 1.165) is 10.5 Å². The van der Waals surface area contributed by atoms with Crippen LogP contribution in [0, 0.1) is 18.3 Å². The van der Waals surface area contributed by atoms with Crippen molar-refractivity contribution in [2.75, 3.05) is 33.8 Å². The number of para-hydroxylation sites is 1. The second-order valence-corrected chi connectivity index (χ2v) is 20.0. The van der Waals surface area contributed by atoms with Crippen LogP contribution in [-0.2, 0) is 33.6 Å². The number of aryl methyl sites for hydroxylation is 1. The van der Waals surface area contributed by atoms with Crippen molar-refractivity contribution in [1.29, 1.82) is 0 Å². The number of likely N-dealkylation sites (tertiary alicyclic amines) is 1. The third-order valence-electron chi connectivity index (χ3n) is 11.4. The molecule has 2 aliphatic carbocycles. The number of alkyl halides is 3. The first-order chi connectivity index (χ1) is 28.0. The molecule has 2 aromatic rings. The van der Waals surface area contributed by atoms with Gasteiger partial charge in [0.15, 0.2) is 0 Å². The topological polar surface area (TPSA) is 195 Å². The van der Waals surface area contributed by atoms with E-state index in [9.17, 15) is 40.8 Å². The van der Waals surface area contributed by atoms with E-state index in [1.54, 1.807) is 39.8 Å². The minimum absolute atomic E-state index is 0.0733. The number of aromatic nitrogens is 1. The molecule has 0 bridgehead atoms. The molecule has 0 radical (unpaired) electrons. The van der Waals surface area contributed by atoms with Gasteiger partial charge < -0.3 is 34.6 Å². The van der Waals surface area contributed by atoms with E-state index in [4.69, 9.17) is 18.4 Å². The highest BCUT2D eigenvalue weighted by molar-refractivity contribution is 7.85. The number of nitrogens with one attached hydrogen (secondary N) is 3. The molecule has 1 aromatic carbocycles. The Labute approximate surface area is 355 Å². The van der Waals surface area contributed by atoms with E-state index in [0.29, 0.717) is 62.9 Å². The molecule has 2 saturated carbocycles. The van der Waals surface area contributed by atoms with Crippen LogP contribution in [0.2, 0.25) is 0 Å². The van der Waals surface area contributed by atoms with Gasteiger partial charge in [0.2, 0.25) is 23.3 Å². The van der Waals surface area contributed by atoms with Gasteiger partial charge in [0.05, 0.1) is 17.7 Å². The fourth-order valence-corrected chi connectivity index (χ4v) is 8.55. The molecule has 0 spiro atoms. The number of nitrogens with zero attached hydrogens (tertiary/aromatic N) is 3. The van der Waals surface area contributed by atoms with Crippen LogP contribution < -0.4 is 24.8 Å². The van der Waals surface area contributed by atoms with Crippen LogP contribution in [0.1, 0.15) is 92.6 Å². The first-order valence-electron chi connectivity index (χ1n) is 20.3. The summed E-state index contributed by atoms with van der Waals surface area (Å²) in [7, 11) is -0.768. The zero-order chi connectivity index (χ0) is 45.5. The molecule has 2 heterocycles. The normalized spacial score (nSPS) is 23.4. The number of alkyl carbamates (subject to hydrolysis) is 1. The predicted molar refractivity (Wildman–Crippen MR) is 218 cm³/mol. The van der Waals surface area contributed by atoms with Gasteiger partial charge in [-0.2, -0.15) is 21.6 Å². The maximum absolute atomic E-state index is 14.7.